The Balaban J connectivity index is 2.13. The average Bonchev–Trinajstić information content (AvgIpc) is 2.92. The van der Waals surface area contributed by atoms with Crippen molar-refractivity contribution >= 4 is 0 Å². The summed E-state index contributed by atoms with van der Waals surface area (Å²) in [6.45, 7) is 2.55. The molecule has 20 heavy (non-hydrogen) atoms. The molecule has 3 rings (SSSR count). The molecule has 0 saturated carbocycles. The Morgan fingerprint density at radius 2 is 1.85 bits per heavy atom. The summed E-state index contributed by atoms with van der Waals surface area (Å²) in [5.74, 6) is 0. The van der Waals surface area contributed by atoms with Crippen molar-refractivity contribution in [3.8, 4) is 16.8 Å². The van der Waals surface area contributed by atoms with Gasteiger partial charge in [0.15, 0.2) is 0 Å². The molecule has 0 fully saturated rings. The van der Waals surface area contributed by atoms with E-state index in [1.54, 1.807) is 0 Å². The number of nitrogens with two attached hydrogens (primary N) is 1. The van der Waals surface area contributed by atoms with E-state index in [0.29, 0.717) is 6.54 Å². The molecule has 3 nitrogen and oxygen atoms in total. The molecule has 3 heteroatoms. The molecule has 3 aromatic rings. The highest BCUT2D eigenvalue weighted by molar-refractivity contribution is 5.67. The summed E-state index contributed by atoms with van der Waals surface area (Å²) in [5.41, 5.74) is 11.5. The lowest BCUT2D eigenvalue weighted by Crippen LogP contribution is -2.07. The fraction of sp³-hybridized carbons (Fsp3) is 0.118. The van der Waals surface area contributed by atoms with Crippen LogP contribution in [0.1, 0.15) is 11.3 Å². The molecule has 0 spiro atoms. The largest absolute Gasteiger partial charge is 0.325 e. The predicted octanol–water partition coefficient (Wildman–Crippen LogP) is 3.31. The van der Waals surface area contributed by atoms with E-state index < -0.39 is 0 Å². The highest BCUT2D eigenvalue weighted by atomic mass is 15.3. The summed E-state index contributed by atoms with van der Waals surface area (Å²) in [6, 6.07) is 18.5. The Labute approximate surface area is 118 Å². The van der Waals surface area contributed by atoms with Crippen molar-refractivity contribution in [2.75, 3.05) is 0 Å². The van der Waals surface area contributed by atoms with E-state index in [4.69, 9.17) is 5.73 Å². The minimum Gasteiger partial charge on any atom is -0.325 e. The molecular weight excluding hydrogens is 246 g/mol. The van der Waals surface area contributed by atoms with Crippen LogP contribution in [-0.4, -0.2) is 9.78 Å². The molecule has 0 unspecified atom stereocenters. The van der Waals surface area contributed by atoms with Gasteiger partial charge in [0.2, 0.25) is 0 Å². The number of rotatable bonds is 3. The molecule has 0 radical (unpaired) electrons. The number of nitrogens with zero attached hydrogens (tertiary/aromatic N) is 2. The molecule has 2 aromatic carbocycles. The zero-order valence-corrected chi connectivity index (χ0v) is 11.5. The first kappa shape index (κ1) is 12.6. The van der Waals surface area contributed by atoms with Crippen molar-refractivity contribution in [2.24, 2.45) is 5.73 Å². The molecule has 100 valence electrons. The van der Waals surface area contributed by atoms with E-state index >= 15 is 0 Å². The van der Waals surface area contributed by atoms with Crippen LogP contribution in [0.25, 0.3) is 16.8 Å². The van der Waals surface area contributed by atoms with Gasteiger partial charge in [-0.2, -0.15) is 5.10 Å². The van der Waals surface area contributed by atoms with Gasteiger partial charge in [0.25, 0.3) is 0 Å². The van der Waals surface area contributed by atoms with Gasteiger partial charge in [-0.15, -0.1) is 0 Å². The monoisotopic (exact) mass is 263 g/mol. The smallest absolute Gasteiger partial charge is 0.0656 e. The Hall–Kier alpha value is -2.39. The van der Waals surface area contributed by atoms with Gasteiger partial charge in [0.1, 0.15) is 0 Å². The topological polar surface area (TPSA) is 43.8 Å². The Morgan fingerprint density at radius 1 is 1.05 bits per heavy atom. The van der Waals surface area contributed by atoms with E-state index in [-0.39, 0.29) is 0 Å². The third-order valence-corrected chi connectivity index (χ3v) is 3.39. The molecule has 0 aliphatic heterocycles. The van der Waals surface area contributed by atoms with Gasteiger partial charge in [-0.3, -0.25) is 0 Å². The van der Waals surface area contributed by atoms with Gasteiger partial charge < -0.3 is 5.73 Å². The van der Waals surface area contributed by atoms with Crippen LogP contribution in [0.5, 0.6) is 0 Å². The van der Waals surface area contributed by atoms with Crippen LogP contribution >= 0.6 is 0 Å². The van der Waals surface area contributed by atoms with Crippen LogP contribution in [-0.2, 0) is 6.54 Å². The van der Waals surface area contributed by atoms with Crippen LogP contribution in [0.4, 0.5) is 0 Å². The van der Waals surface area contributed by atoms with Crippen LogP contribution in [0.15, 0.2) is 60.8 Å². The Bertz CT molecular complexity index is 714. The predicted molar refractivity (Wildman–Crippen MR) is 81.6 cm³/mol. The highest BCUT2D eigenvalue weighted by Gasteiger charge is 2.12. The number of hydrogen-bond acceptors (Lipinski definition) is 2. The number of aromatic nitrogens is 2. The van der Waals surface area contributed by atoms with Gasteiger partial charge in [-0.1, -0.05) is 48.0 Å². The maximum atomic E-state index is 5.95. The van der Waals surface area contributed by atoms with Gasteiger partial charge in [0.05, 0.1) is 17.6 Å². The van der Waals surface area contributed by atoms with Gasteiger partial charge >= 0.3 is 0 Å². The van der Waals surface area contributed by atoms with Crippen molar-refractivity contribution in [1.29, 1.82) is 0 Å². The first-order valence-electron chi connectivity index (χ1n) is 6.69. The first-order valence-corrected chi connectivity index (χ1v) is 6.69. The minimum atomic E-state index is 0.457. The quantitative estimate of drug-likeness (QED) is 0.788. The maximum absolute atomic E-state index is 5.95. The van der Waals surface area contributed by atoms with Gasteiger partial charge in [-0.05, 0) is 24.6 Å². The number of benzene rings is 2. The van der Waals surface area contributed by atoms with Crippen LogP contribution in [0.3, 0.4) is 0 Å². The number of aryl methyl sites for hydroxylation is 1. The zero-order valence-electron chi connectivity index (χ0n) is 11.5. The normalized spacial score (nSPS) is 10.7. The van der Waals surface area contributed by atoms with Gasteiger partial charge in [-0.25, -0.2) is 4.68 Å². The van der Waals surface area contributed by atoms with Crippen molar-refractivity contribution in [3.63, 3.8) is 0 Å². The fourth-order valence-electron chi connectivity index (χ4n) is 2.42. The lowest BCUT2D eigenvalue weighted by Gasteiger charge is -2.08. The standard InChI is InChI=1S/C17H17N3/c1-13-6-5-7-14(10-13)16-12-19-20(17(16)11-18)15-8-3-2-4-9-15/h2-10,12H,11,18H2,1H3. The summed E-state index contributed by atoms with van der Waals surface area (Å²) in [5, 5.41) is 4.50. The second kappa shape index (κ2) is 5.31. The fourth-order valence-corrected chi connectivity index (χ4v) is 2.42. The molecule has 0 atom stereocenters. The lowest BCUT2D eigenvalue weighted by atomic mass is 10.0. The Morgan fingerprint density at radius 3 is 2.55 bits per heavy atom. The Kier molecular flexibility index (Phi) is 3.35. The second-order valence-electron chi connectivity index (χ2n) is 4.83. The zero-order chi connectivity index (χ0) is 13.9. The van der Waals surface area contributed by atoms with Crippen molar-refractivity contribution in [2.45, 2.75) is 13.5 Å². The molecule has 2 N–H and O–H groups in total. The molecule has 0 saturated heterocycles. The van der Waals surface area contributed by atoms with E-state index in [1.165, 1.54) is 5.56 Å². The van der Waals surface area contributed by atoms with Crippen molar-refractivity contribution < 1.29 is 0 Å². The van der Waals surface area contributed by atoms with E-state index in [9.17, 15) is 0 Å². The molecule has 0 aliphatic carbocycles. The third-order valence-electron chi connectivity index (χ3n) is 3.39. The van der Waals surface area contributed by atoms with Crippen LogP contribution in [0.2, 0.25) is 0 Å². The third kappa shape index (κ3) is 2.24. The van der Waals surface area contributed by atoms with Crippen LogP contribution in [0, 0.1) is 6.92 Å². The summed E-state index contributed by atoms with van der Waals surface area (Å²) in [6.07, 6.45) is 1.89. The molecule has 0 bridgehead atoms. The minimum absolute atomic E-state index is 0.457. The summed E-state index contributed by atoms with van der Waals surface area (Å²) in [7, 11) is 0. The molecule has 0 aliphatic rings. The summed E-state index contributed by atoms with van der Waals surface area (Å²) < 4.78 is 1.91. The SMILES string of the molecule is Cc1cccc(-c2cnn(-c3ccccc3)c2CN)c1. The second-order valence-corrected chi connectivity index (χ2v) is 4.83. The maximum Gasteiger partial charge on any atom is 0.0656 e. The van der Waals surface area contributed by atoms with Gasteiger partial charge in [0, 0.05) is 12.1 Å². The number of para-hydroxylation sites is 1. The summed E-state index contributed by atoms with van der Waals surface area (Å²) in [4.78, 5) is 0. The molecule has 1 aromatic heterocycles. The molecule has 1 heterocycles. The van der Waals surface area contributed by atoms with E-state index in [0.717, 1.165) is 22.5 Å². The van der Waals surface area contributed by atoms with Crippen molar-refractivity contribution in [3.05, 3.63) is 72.1 Å². The molecule has 0 amide bonds. The highest BCUT2D eigenvalue weighted by Crippen LogP contribution is 2.26. The van der Waals surface area contributed by atoms with Crippen molar-refractivity contribution in [1.82, 2.24) is 9.78 Å². The van der Waals surface area contributed by atoms with E-state index in [2.05, 4.69) is 36.3 Å². The van der Waals surface area contributed by atoms with Crippen LogP contribution < -0.4 is 5.73 Å². The van der Waals surface area contributed by atoms with E-state index in [1.807, 2.05) is 41.2 Å². The average molecular weight is 263 g/mol. The first-order chi connectivity index (χ1) is 9.79. The molecular formula is C17H17N3. The number of hydrogen-bond donors (Lipinski definition) is 1. The lowest BCUT2D eigenvalue weighted by molar-refractivity contribution is 0.804. The summed E-state index contributed by atoms with van der Waals surface area (Å²) >= 11 is 0.